The molecule has 0 aliphatic heterocycles. The second-order valence-corrected chi connectivity index (χ2v) is 5.43. The number of hydrazine groups is 1. The van der Waals surface area contributed by atoms with Gasteiger partial charge < -0.3 is 9.47 Å². The molecule has 0 saturated carbocycles. The van der Waals surface area contributed by atoms with Crippen molar-refractivity contribution in [1.29, 1.82) is 0 Å². The number of amides is 2. The summed E-state index contributed by atoms with van der Waals surface area (Å²) in [5, 5.41) is 0.595. The Balaban J connectivity index is 1.80. The predicted octanol–water partition coefficient (Wildman–Crippen LogP) is 2.84. The maximum Gasteiger partial charge on any atom is 0.276 e. The van der Waals surface area contributed by atoms with E-state index in [0.717, 1.165) is 0 Å². The lowest BCUT2D eigenvalue weighted by Gasteiger charge is -2.10. The first-order valence-electron chi connectivity index (χ1n) is 6.80. The number of nitrogens with one attached hydrogen (secondary N) is 2. The highest BCUT2D eigenvalue weighted by Crippen LogP contribution is 2.20. The minimum absolute atomic E-state index is 0.184. The van der Waals surface area contributed by atoms with Gasteiger partial charge in [-0.2, -0.15) is 0 Å². The smallest absolute Gasteiger partial charge is 0.276 e. The maximum absolute atomic E-state index is 11.9. The van der Waals surface area contributed by atoms with E-state index in [-0.39, 0.29) is 17.2 Å². The normalized spacial score (nSPS) is 9.96. The molecule has 0 unspecified atom stereocenters. The van der Waals surface area contributed by atoms with Crippen LogP contribution in [0.1, 0.15) is 10.4 Å². The number of carbonyl (C=O) groups is 2. The van der Waals surface area contributed by atoms with Gasteiger partial charge in [-0.15, -0.1) is 0 Å². The van der Waals surface area contributed by atoms with Gasteiger partial charge in [0.25, 0.3) is 11.8 Å². The lowest BCUT2D eigenvalue weighted by Crippen LogP contribution is -2.43. The van der Waals surface area contributed by atoms with Gasteiger partial charge in [0.1, 0.15) is 11.5 Å². The Hall–Kier alpha value is -2.44. The molecule has 0 fully saturated rings. The molecule has 2 N–H and O–H groups in total. The lowest BCUT2D eigenvalue weighted by molar-refractivity contribution is -0.123. The molecule has 6 nitrogen and oxygen atoms in total. The second-order valence-electron chi connectivity index (χ2n) is 4.59. The fourth-order valence-corrected chi connectivity index (χ4v) is 2.22. The van der Waals surface area contributed by atoms with Crippen LogP contribution in [0.25, 0.3) is 0 Å². The van der Waals surface area contributed by atoms with Crippen molar-refractivity contribution in [2.75, 3.05) is 13.7 Å². The molecule has 0 radical (unpaired) electrons. The van der Waals surface area contributed by atoms with Gasteiger partial charge in [-0.25, -0.2) is 0 Å². The molecule has 126 valence electrons. The third kappa shape index (κ3) is 5.04. The van der Waals surface area contributed by atoms with E-state index in [9.17, 15) is 9.59 Å². The Morgan fingerprint density at radius 1 is 1.00 bits per heavy atom. The van der Waals surface area contributed by atoms with Gasteiger partial charge in [-0.05, 0) is 42.5 Å². The predicted molar refractivity (Wildman–Crippen MR) is 90.6 cm³/mol. The molecule has 8 heteroatoms. The van der Waals surface area contributed by atoms with Crippen LogP contribution in [0.3, 0.4) is 0 Å². The summed E-state index contributed by atoms with van der Waals surface area (Å²) in [6.45, 7) is -0.263. The van der Waals surface area contributed by atoms with Crippen LogP contribution >= 0.6 is 23.2 Å². The third-order valence-electron chi connectivity index (χ3n) is 2.92. The molecule has 2 amide bonds. The molecular formula is C16H14Cl2N2O4. The number of halogens is 2. The molecule has 0 saturated heterocycles. The quantitative estimate of drug-likeness (QED) is 0.795. The van der Waals surface area contributed by atoms with Gasteiger partial charge in [-0.3, -0.25) is 20.4 Å². The third-order valence-corrected chi connectivity index (χ3v) is 3.47. The van der Waals surface area contributed by atoms with E-state index < -0.39 is 11.8 Å². The zero-order valence-electron chi connectivity index (χ0n) is 12.6. The van der Waals surface area contributed by atoms with Crippen molar-refractivity contribution in [2.45, 2.75) is 0 Å². The molecule has 0 bridgehead atoms. The molecule has 2 aromatic rings. The topological polar surface area (TPSA) is 76.7 Å². The fourth-order valence-electron chi connectivity index (χ4n) is 1.72. The molecule has 2 rings (SSSR count). The van der Waals surface area contributed by atoms with Crippen molar-refractivity contribution in [3.63, 3.8) is 0 Å². The monoisotopic (exact) mass is 368 g/mol. The maximum atomic E-state index is 11.9. The van der Waals surface area contributed by atoms with Gasteiger partial charge >= 0.3 is 0 Å². The largest absolute Gasteiger partial charge is 0.497 e. The highest BCUT2D eigenvalue weighted by molar-refractivity contribution is 6.36. The van der Waals surface area contributed by atoms with Crippen LogP contribution in [0, 0.1) is 0 Å². The number of ether oxygens (including phenoxy) is 2. The van der Waals surface area contributed by atoms with Crippen molar-refractivity contribution in [1.82, 2.24) is 10.9 Å². The van der Waals surface area contributed by atoms with Crippen LogP contribution in [0.5, 0.6) is 11.5 Å². The molecular weight excluding hydrogens is 355 g/mol. The number of hydrogen-bond donors (Lipinski definition) is 2. The highest BCUT2D eigenvalue weighted by Gasteiger charge is 2.12. The standard InChI is InChI=1S/C16H14Cl2N2O4/c1-23-11-3-5-12(6-4-11)24-9-15(21)19-20-16(22)13-7-2-10(17)8-14(13)18/h2-8H,9H2,1H3,(H,19,21)(H,20,22). The van der Waals surface area contributed by atoms with Gasteiger partial charge in [0.2, 0.25) is 0 Å². The van der Waals surface area contributed by atoms with Gasteiger partial charge in [0.15, 0.2) is 6.61 Å². The number of benzene rings is 2. The van der Waals surface area contributed by atoms with Gasteiger partial charge in [0.05, 0.1) is 17.7 Å². The average molecular weight is 369 g/mol. The summed E-state index contributed by atoms with van der Waals surface area (Å²) in [5.41, 5.74) is 4.68. The molecule has 0 heterocycles. The minimum Gasteiger partial charge on any atom is -0.497 e. The summed E-state index contributed by atoms with van der Waals surface area (Å²) in [6.07, 6.45) is 0. The van der Waals surface area contributed by atoms with Crippen LogP contribution in [0.4, 0.5) is 0 Å². The van der Waals surface area contributed by atoms with Crippen LogP contribution in [-0.2, 0) is 4.79 Å². The Morgan fingerprint density at radius 3 is 2.29 bits per heavy atom. The first-order valence-corrected chi connectivity index (χ1v) is 7.56. The van der Waals surface area contributed by atoms with Gasteiger partial charge in [0, 0.05) is 5.02 Å². The van der Waals surface area contributed by atoms with Crippen molar-refractivity contribution >= 4 is 35.0 Å². The zero-order valence-corrected chi connectivity index (χ0v) is 14.1. The first-order chi connectivity index (χ1) is 11.5. The molecule has 0 aliphatic rings. The summed E-state index contributed by atoms with van der Waals surface area (Å²) in [7, 11) is 1.55. The average Bonchev–Trinajstić information content (AvgIpc) is 2.58. The van der Waals surface area contributed by atoms with E-state index in [1.165, 1.54) is 18.2 Å². The summed E-state index contributed by atoms with van der Waals surface area (Å²) < 4.78 is 10.3. The van der Waals surface area contributed by atoms with Crippen LogP contribution in [0.15, 0.2) is 42.5 Å². The minimum atomic E-state index is -0.561. The summed E-state index contributed by atoms with van der Waals surface area (Å²) in [5.74, 6) is 0.0932. The van der Waals surface area contributed by atoms with Crippen LogP contribution in [0.2, 0.25) is 10.0 Å². The SMILES string of the molecule is COc1ccc(OCC(=O)NNC(=O)c2ccc(Cl)cc2Cl)cc1. The van der Waals surface area contributed by atoms with Crippen molar-refractivity contribution in [3.05, 3.63) is 58.1 Å². The summed E-state index contributed by atoms with van der Waals surface area (Å²) >= 11 is 11.7. The molecule has 0 spiro atoms. The second kappa shape index (κ2) is 8.42. The fraction of sp³-hybridized carbons (Fsp3) is 0.125. The van der Waals surface area contributed by atoms with Crippen molar-refractivity contribution in [3.8, 4) is 11.5 Å². The van der Waals surface area contributed by atoms with E-state index in [1.807, 2.05) is 0 Å². The number of methoxy groups -OCH3 is 1. The summed E-state index contributed by atoms with van der Waals surface area (Å²) in [4.78, 5) is 23.6. The Bertz CT molecular complexity index is 735. The van der Waals surface area contributed by atoms with Gasteiger partial charge in [-0.1, -0.05) is 23.2 Å². The highest BCUT2D eigenvalue weighted by atomic mass is 35.5. The van der Waals surface area contributed by atoms with Crippen molar-refractivity contribution in [2.24, 2.45) is 0 Å². The van der Waals surface area contributed by atoms with Crippen molar-refractivity contribution < 1.29 is 19.1 Å². The van der Waals surface area contributed by atoms with E-state index in [4.69, 9.17) is 32.7 Å². The van der Waals surface area contributed by atoms with E-state index in [2.05, 4.69) is 10.9 Å². The van der Waals surface area contributed by atoms with E-state index in [1.54, 1.807) is 31.4 Å². The Kier molecular flexibility index (Phi) is 6.28. The molecule has 0 aromatic heterocycles. The van der Waals surface area contributed by atoms with Crippen LogP contribution < -0.4 is 20.3 Å². The number of rotatable bonds is 5. The van der Waals surface area contributed by atoms with Crippen LogP contribution in [-0.4, -0.2) is 25.5 Å². The Labute approximate surface area is 148 Å². The van der Waals surface area contributed by atoms with E-state index in [0.29, 0.717) is 16.5 Å². The molecule has 2 aromatic carbocycles. The Morgan fingerprint density at radius 2 is 1.67 bits per heavy atom. The number of hydrogen-bond acceptors (Lipinski definition) is 4. The lowest BCUT2D eigenvalue weighted by atomic mass is 10.2. The first kappa shape index (κ1) is 17.9. The zero-order chi connectivity index (χ0) is 17.5. The molecule has 0 aliphatic carbocycles. The molecule has 0 atom stereocenters. The summed E-state index contributed by atoms with van der Waals surface area (Å²) in [6, 6.07) is 11.2. The molecule has 24 heavy (non-hydrogen) atoms. The number of carbonyl (C=O) groups excluding carboxylic acids is 2. The van der Waals surface area contributed by atoms with E-state index >= 15 is 0 Å².